The third-order valence-electron chi connectivity index (χ3n) is 5.68. The maximum absolute atomic E-state index is 13.4. The van der Waals surface area contributed by atoms with Gasteiger partial charge in [-0.1, -0.05) is 12.1 Å². The molecule has 2 aromatic rings. The van der Waals surface area contributed by atoms with Gasteiger partial charge in [0.2, 0.25) is 0 Å². The summed E-state index contributed by atoms with van der Waals surface area (Å²) >= 11 is 0. The fourth-order valence-corrected chi connectivity index (χ4v) is 4.09. The summed E-state index contributed by atoms with van der Waals surface area (Å²) in [6, 6.07) is 10.2. The Morgan fingerprint density at radius 1 is 1.07 bits per heavy atom. The summed E-state index contributed by atoms with van der Waals surface area (Å²) in [5, 5.41) is 20.8. The van der Waals surface area contributed by atoms with Crippen LogP contribution in [0, 0.1) is 11.6 Å². The molecule has 0 radical (unpaired) electrons. The highest BCUT2D eigenvalue weighted by molar-refractivity contribution is 5.38. The van der Waals surface area contributed by atoms with Crippen LogP contribution in [0.3, 0.4) is 0 Å². The second kappa shape index (κ2) is 7.19. The average Bonchev–Trinajstić information content (AvgIpc) is 2.65. The molecule has 144 valence electrons. The van der Waals surface area contributed by atoms with E-state index in [1.54, 1.807) is 18.2 Å². The van der Waals surface area contributed by atoms with E-state index in [0.717, 1.165) is 25.9 Å². The van der Waals surface area contributed by atoms with E-state index in [2.05, 4.69) is 4.90 Å². The minimum absolute atomic E-state index is 0.320. The molecule has 2 heterocycles. The van der Waals surface area contributed by atoms with E-state index < -0.39 is 17.8 Å². The zero-order valence-electron chi connectivity index (χ0n) is 14.9. The summed E-state index contributed by atoms with van der Waals surface area (Å²) in [6.45, 7) is 1.91. The van der Waals surface area contributed by atoms with Gasteiger partial charge in [-0.2, -0.15) is 0 Å². The Labute approximate surface area is 157 Å². The molecular weight excluding hydrogens is 352 g/mol. The minimum Gasteiger partial charge on any atom is -0.487 e. The number of hydrogen-bond acceptors (Lipinski definition) is 4. The summed E-state index contributed by atoms with van der Waals surface area (Å²) in [6.07, 6.45) is 0.466. The Morgan fingerprint density at radius 3 is 2.44 bits per heavy atom. The molecule has 0 bridgehead atoms. The summed E-state index contributed by atoms with van der Waals surface area (Å²) in [5.41, 5.74) is 0.744. The molecule has 0 aliphatic carbocycles. The number of aliphatic hydroxyl groups excluding tert-OH is 2. The van der Waals surface area contributed by atoms with E-state index in [0.29, 0.717) is 29.8 Å². The number of benzene rings is 2. The van der Waals surface area contributed by atoms with E-state index in [-0.39, 0.29) is 11.6 Å². The molecule has 6 heteroatoms. The van der Waals surface area contributed by atoms with Gasteiger partial charge in [-0.3, -0.25) is 0 Å². The molecule has 0 unspecified atom stereocenters. The van der Waals surface area contributed by atoms with E-state index in [9.17, 15) is 19.0 Å². The normalized spacial score (nSPS) is 22.9. The Kier molecular flexibility index (Phi) is 4.88. The van der Waals surface area contributed by atoms with Gasteiger partial charge < -0.3 is 19.8 Å². The number of nitrogens with zero attached hydrogens (tertiary/aromatic N) is 1. The molecule has 2 aliphatic heterocycles. The molecule has 27 heavy (non-hydrogen) atoms. The van der Waals surface area contributed by atoms with Crippen molar-refractivity contribution in [2.75, 3.05) is 19.6 Å². The first-order chi connectivity index (χ1) is 12.9. The van der Waals surface area contributed by atoms with Gasteiger partial charge in [0.25, 0.3) is 0 Å². The predicted molar refractivity (Wildman–Crippen MR) is 96.4 cm³/mol. The van der Waals surface area contributed by atoms with Crippen molar-refractivity contribution in [3.05, 3.63) is 65.2 Å². The Morgan fingerprint density at radius 2 is 1.74 bits per heavy atom. The van der Waals surface area contributed by atoms with Crippen molar-refractivity contribution in [2.45, 2.75) is 37.1 Å². The van der Waals surface area contributed by atoms with Crippen LogP contribution < -0.4 is 4.74 Å². The largest absolute Gasteiger partial charge is 0.487 e. The Hall–Kier alpha value is -2.02. The lowest BCUT2D eigenvalue weighted by atomic mass is 9.81. The van der Waals surface area contributed by atoms with Crippen LogP contribution in [0.4, 0.5) is 8.78 Å². The van der Waals surface area contributed by atoms with Gasteiger partial charge in [0.05, 0.1) is 12.2 Å². The number of fused-ring (bicyclic) bond motifs is 1. The van der Waals surface area contributed by atoms with Gasteiger partial charge in [0.15, 0.2) is 0 Å². The van der Waals surface area contributed by atoms with Gasteiger partial charge in [0.1, 0.15) is 23.0 Å². The average molecular weight is 375 g/mol. The lowest BCUT2D eigenvalue weighted by Gasteiger charge is -2.46. The molecular formula is C21H23F2NO3. The zero-order chi connectivity index (χ0) is 19.0. The van der Waals surface area contributed by atoms with Crippen LogP contribution in [0.2, 0.25) is 0 Å². The monoisotopic (exact) mass is 375 g/mol. The van der Waals surface area contributed by atoms with E-state index in [1.807, 2.05) is 0 Å². The first-order valence-corrected chi connectivity index (χ1v) is 9.27. The van der Waals surface area contributed by atoms with Crippen molar-refractivity contribution in [3.8, 4) is 5.75 Å². The van der Waals surface area contributed by atoms with E-state index in [4.69, 9.17) is 4.74 Å². The number of ether oxygens (including phenoxy) is 1. The fraction of sp³-hybridized carbons (Fsp3) is 0.429. The van der Waals surface area contributed by atoms with Crippen LogP contribution >= 0.6 is 0 Å². The van der Waals surface area contributed by atoms with Gasteiger partial charge >= 0.3 is 0 Å². The van der Waals surface area contributed by atoms with E-state index >= 15 is 0 Å². The molecule has 0 saturated carbocycles. The predicted octanol–water partition coefficient (Wildman–Crippen LogP) is 3.35. The molecule has 0 amide bonds. The molecule has 0 aromatic heterocycles. The number of piperidine rings is 1. The third-order valence-corrected chi connectivity index (χ3v) is 5.68. The zero-order valence-corrected chi connectivity index (χ0v) is 14.9. The number of rotatable bonds is 3. The van der Waals surface area contributed by atoms with Crippen molar-refractivity contribution in [3.63, 3.8) is 0 Å². The second-order valence-electron chi connectivity index (χ2n) is 7.56. The molecule has 2 aromatic carbocycles. The molecule has 4 rings (SSSR count). The lowest BCUT2D eigenvalue weighted by molar-refractivity contribution is -0.0589. The molecule has 4 nitrogen and oxygen atoms in total. The highest BCUT2D eigenvalue weighted by Gasteiger charge is 2.43. The quantitative estimate of drug-likeness (QED) is 0.864. The molecule has 1 saturated heterocycles. The number of aliphatic hydroxyl groups is 2. The molecule has 1 fully saturated rings. The summed E-state index contributed by atoms with van der Waals surface area (Å²) in [4.78, 5) is 2.15. The van der Waals surface area contributed by atoms with E-state index in [1.165, 1.54) is 24.3 Å². The molecule has 2 N–H and O–H groups in total. The highest BCUT2D eigenvalue weighted by atomic mass is 19.1. The smallest absolute Gasteiger partial charge is 0.126 e. The standard InChI is InChI=1S/C21H23F2NO3/c22-15-3-1-14(2-4-15)19(26)13-24-9-7-21(8-10-24)12-18(25)17-11-16(23)5-6-20(17)27-21/h1-6,11,18-19,25-26H,7-10,12-13H2/t18-,19-/m0/s1. The van der Waals surface area contributed by atoms with Gasteiger partial charge in [0, 0.05) is 31.6 Å². The molecule has 1 spiro atoms. The SMILES string of the molecule is O[C@@H](CN1CCC2(CC1)C[C@H](O)c1cc(F)ccc1O2)c1ccc(F)cc1. The maximum atomic E-state index is 13.4. The topological polar surface area (TPSA) is 52.9 Å². The van der Waals surface area contributed by atoms with Crippen molar-refractivity contribution in [1.29, 1.82) is 0 Å². The van der Waals surface area contributed by atoms with Crippen molar-refractivity contribution in [1.82, 2.24) is 4.90 Å². The van der Waals surface area contributed by atoms with Crippen LogP contribution in [0.5, 0.6) is 5.75 Å². The number of halogens is 2. The Bertz CT molecular complexity index is 804. The Balaban J connectivity index is 1.39. The van der Waals surface area contributed by atoms with Crippen LogP contribution in [0.1, 0.15) is 42.6 Å². The summed E-state index contributed by atoms with van der Waals surface area (Å²) < 4.78 is 32.6. The van der Waals surface area contributed by atoms with Crippen molar-refractivity contribution >= 4 is 0 Å². The summed E-state index contributed by atoms with van der Waals surface area (Å²) in [5.74, 6) is -0.147. The molecule has 2 aliphatic rings. The maximum Gasteiger partial charge on any atom is 0.126 e. The van der Waals surface area contributed by atoms with Crippen molar-refractivity contribution in [2.24, 2.45) is 0 Å². The number of hydrogen-bond donors (Lipinski definition) is 2. The van der Waals surface area contributed by atoms with Gasteiger partial charge in [-0.15, -0.1) is 0 Å². The number of β-amino-alcohol motifs (C(OH)–C–C–N with tert-alkyl or cyclic N) is 1. The van der Waals surface area contributed by atoms with Crippen molar-refractivity contribution < 1.29 is 23.7 Å². The molecule has 2 atom stereocenters. The third kappa shape index (κ3) is 3.83. The fourth-order valence-electron chi connectivity index (χ4n) is 4.09. The summed E-state index contributed by atoms with van der Waals surface area (Å²) in [7, 11) is 0. The number of likely N-dealkylation sites (tertiary alicyclic amines) is 1. The minimum atomic E-state index is -0.735. The van der Waals surface area contributed by atoms with Gasteiger partial charge in [-0.05, 0) is 48.7 Å². The lowest BCUT2D eigenvalue weighted by Crippen LogP contribution is -2.51. The van der Waals surface area contributed by atoms with Crippen LogP contribution in [-0.2, 0) is 0 Å². The second-order valence-corrected chi connectivity index (χ2v) is 7.56. The van der Waals surface area contributed by atoms with Crippen LogP contribution in [0.15, 0.2) is 42.5 Å². The highest BCUT2D eigenvalue weighted by Crippen LogP contribution is 2.44. The van der Waals surface area contributed by atoms with Gasteiger partial charge in [-0.25, -0.2) is 8.78 Å². The first-order valence-electron chi connectivity index (χ1n) is 9.27. The van der Waals surface area contributed by atoms with Crippen LogP contribution in [-0.4, -0.2) is 40.3 Å². The van der Waals surface area contributed by atoms with Crippen LogP contribution in [0.25, 0.3) is 0 Å². The first kappa shape index (κ1) is 18.3.